The van der Waals surface area contributed by atoms with Gasteiger partial charge in [-0.15, -0.1) is 0 Å². The number of nitrogens with zero attached hydrogens (tertiary/aromatic N) is 3. The Morgan fingerprint density at radius 1 is 1.19 bits per heavy atom. The van der Waals surface area contributed by atoms with E-state index in [2.05, 4.69) is 34.5 Å². The number of benzene rings is 1. The lowest BCUT2D eigenvalue weighted by Crippen LogP contribution is -2.41. The van der Waals surface area contributed by atoms with E-state index in [1.807, 2.05) is 19.0 Å². The molecule has 0 bridgehead atoms. The van der Waals surface area contributed by atoms with Gasteiger partial charge in [-0.1, -0.05) is 24.3 Å². The van der Waals surface area contributed by atoms with Crippen LogP contribution >= 0.6 is 0 Å². The third kappa shape index (κ3) is 4.91. The van der Waals surface area contributed by atoms with Crippen molar-refractivity contribution >= 4 is 12.1 Å². The van der Waals surface area contributed by atoms with E-state index in [-0.39, 0.29) is 12.1 Å². The van der Waals surface area contributed by atoms with Crippen molar-refractivity contribution in [2.24, 2.45) is 0 Å². The number of urea groups is 1. The number of nitrogens with one attached hydrogen (secondary N) is 1. The SMILES string of the molecule is CN(C)Cc1ccc(CNC(=O)N2CCCC3(CC2)CN(C)C(=O)O3)cc1. The first-order chi connectivity index (χ1) is 12.9. The average Bonchev–Trinajstić information content (AvgIpc) is 2.78. The second kappa shape index (κ2) is 8.17. The fourth-order valence-electron chi connectivity index (χ4n) is 3.84. The Kier molecular flexibility index (Phi) is 5.89. The van der Waals surface area contributed by atoms with Crippen LogP contribution in [0.3, 0.4) is 0 Å². The second-order valence-electron chi connectivity index (χ2n) is 7.96. The van der Waals surface area contributed by atoms with Crippen molar-refractivity contribution in [1.82, 2.24) is 20.0 Å². The number of hydrogen-bond acceptors (Lipinski definition) is 4. The van der Waals surface area contributed by atoms with Crippen LogP contribution in [0.25, 0.3) is 0 Å². The van der Waals surface area contributed by atoms with Crippen LogP contribution in [-0.2, 0) is 17.8 Å². The van der Waals surface area contributed by atoms with Crippen molar-refractivity contribution in [3.8, 4) is 0 Å². The highest BCUT2D eigenvalue weighted by atomic mass is 16.6. The quantitative estimate of drug-likeness (QED) is 0.878. The molecule has 1 unspecified atom stereocenters. The summed E-state index contributed by atoms with van der Waals surface area (Å²) >= 11 is 0. The molecule has 3 rings (SSSR count). The van der Waals surface area contributed by atoms with E-state index in [9.17, 15) is 9.59 Å². The van der Waals surface area contributed by atoms with Gasteiger partial charge in [-0.25, -0.2) is 9.59 Å². The number of carbonyl (C=O) groups excluding carboxylic acids is 2. The first-order valence-electron chi connectivity index (χ1n) is 9.56. The third-order valence-corrected chi connectivity index (χ3v) is 5.29. The highest BCUT2D eigenvalue weighted by Crippen LogP contribution is 2.32. The maximum atomic E-state index is 12.6. The van der Waals surface area contributed by atoms with Crippen LogP contribution in [0, 0.1) is 0 Å². The lowest BCUT2D eigenvalue weighted by Gasteiger charge is -2.25. The zero-order valence-corrected chi connectivity index (χ0v) is 16.5. The number of carbonyl (C=O) groups is 2. The molecule has 2 saturated heterocycles. The van der Waals surface area contributed by atoms with Gasteiger partial charge in [0.25, 0.3) is 0 Å². The lowest BCUT2D eigenvalue weighted by molar-refractivity contribution is 0.0453. The standard InChI is InChI=1S/C20H30N4O3/c1-22(2)14-17-7-5-16(6-8-17)13-21-18(25)24-11-4-9-20(10-12-24)15-23(3)19(26)27-20/h5-8H,4,9-15H2,1-3H3,(H,21,25). The predicted octanol–water partition coefficient (Wildman–Crippen LogP) is 2.26. The summed E-state index contributed by atoms with van der Waals surface area (Å²) in [7, 11) is 5.85. The van der Waals surface area contributed by atoms with Crippen molar-refractivity contribution in [3.63, 3.8) is 0 Å². The summed E-state index contributed by atoms with van der Waals surface area (Å²) in [5.41, 5.74) is 1.91. The van der Waals surface area contributed by atoms with Crippen molar-refractivity contribution in [3.05, 3.63) is 35.4 Å². The highest BCUT2D eigenvalue weighted by Gasteiger charge is 2.44. The molecule has 1 spiro atoms. The molecule has 148 valence electrons. The van der Waals surface area contributed by atoms with Gasteiger partial charge in [0.2, 0.25) is 0 Å². The number of amides is 3. The van der Waals surface area contributed by atoms with E-state index in [0.717, 1.165) is 24.9 Å². The minimum absolute atomic E-state index is 0.0536. The zero-order valence-electron chi connectivity index (χ0n) is 16.5. The molecule has 3 amide bonds. The summed E-state index contributed by atoms with van der Waals surface area (Å²) in [5.74, 6) is 0. The zero-order chi connectivity index (χ0) is 19.4. The van der Waals surface area contributed by atoms with E-state index in [4.69, 9.17) is 4.74 Å². The minimum Gasteiger partial charge on any atom is -0.441 e. The maximum absolute atomic E-state index is 12.6. The Labute approximate surface area is 161 Å². The van der Waals surface area contributed by atoms with Gasteiger partial charge in [0.15, 0.2) is 0 Å². The van der Waals surface area contributed by atoms with Crippen molar-refractivity contribution in [1.29, 1.82) is 0 Å². The largest absolute Gasteiger partial charge is 0.441 e. The summed E-state index contributed by atoms with van der Waals surface area (Å²) in [4.78, 5) is 29.9. The third-order valence-electron chi connectivity index (χ3n) is 5.29. The molecule has 0 aliphatic carbocycles. The lowest BCUT2D eigenvalue weighted by atomic mass is 9.95. The average molecular weight is 374 g/mol. The molecule has 2 aliphatic heterocycles. The Hall–Kier alpha value is -2.28. The van der Waals surface area contributed by atoms with Gasteiger partial charge >= 0.3 is 12.1 Å². The van der Waals surface area contributed by atoms with Gasteiger partial charge in [0.05, 0.1) is 6.54 Å². The molecular formula is C20H30N4O3. The van der Waals surface area contributed by atoms with Gasteiger partial charge < -0.3 is 24.8 Å². The highest BCUT2D eigenvalue weighted by molar-refractivity contribution is 5.74. The Morgan fingerprint density at radius 3 is 2.52 bits per heavy atom. The Morgan fingerprint density at radius 2 is 1.89 bits per heavy atom. The van der Waals surface area contributed by atoms with Crippen LogP contribution in [0.4, 0.5) is 9.59 Å². The molecule has 1 aromatic rings. The molecule has 1 atom stereocenters. The first-order valence-corrected chi connectivity index (χ1v) is 9.56. The first kappa shape index (κ1) is 19.5. The van der Waals surface area contributed by atoms with Crippen LogP contribution in [-0.4, -0.2) is 73.2 Å². The van der Waals surface area contributed by atoms with E-state index in [1.165, 1.54) is 5.56 Å². The van der Waals surface area contributed by atoms with E-state index in [0.29, 0.717) is 32.6 Å². The molecule has 7 nitrogen and oxygen atoms in total. The van der Waals surface area contributed by atoms with E-state index < -0.39 is 5.60 Å². The molecule has 2 heterocycles. The summed E-state index contributed by atoms with van der Waals surface area (Å²) in [6.07, 6.45) is 2.08. The van der Waals surface area contributed by atoms with Gasteiger partial charge in [-0.3, -0.25) is 0 Å². The fourth-order valence-corrected chi connectivity index (χ4v) is 3.84. The van der Waals surface area contributed by atoms with Crippen LogP contribution in [0.2, 0.25) is 0 Å². The topological polar surface area (TPSA) is 65.1 Å². The number of likely N-dealkylation sites (tertiary alicyclic amines) is 1. The number of rotatable bonds is 4. The summed E-state index contributed by atoms with van der Waals surface area (Å²) in [5, 5.41) is 3.01. The number of ether oxygens (including phenoxy) is 1. The number of hydrogen-bond donors (Lipinski definition) is 1. The van der Waals surface area contributed by atoms with Crippen molar-refractivity contribution in [2.45, 2.75) is 38.0 Å². The van der Waals surface area contributed by atoms with Gasteiger partial charge in [-0.2, -0.15) is 0 Å². The van der Waals surface area contributed by atoms with Crippen molar-refractivity contribution in [2.75, 3.05) is 40.8 Å². The molecule has 2 fully saturated rings. The van der Waals surface area contributed by atoms with Crippen LogP contribution in [0.1, 0.15) is 30.4 Å². The second-order valence-corrected chi connectivity index (χ2v) is 7.96. The number of likely N-dealkylation sites (N-methyl/N-ethyl adjacent to an activating group) is 1. The molecule has 0 saturated carbocycles. The van der Waals surface area contributed by atoms with Crippen molar-refractivity contribution < 1.29 is 14.3 Å². The summed E-state index contributed by atoms with van der Waals surface area (Å²) < 4.78 is 5.60. The monoisotopic (exact) mass is 374 g/mol. The summed E-state index contributed by atoms with van der Waals surface area (Å²) in [6, 6.07) is 8.26. The molecule has 27 heavy (non-hydrogen) atoms. The van der Waals surface area contributed by atoms with Crippen LogP contribution in [0.5, 0.6) is 0 Å². The van der Waals surface area contributed by atoms with E-state index >= 15 is 0 Å². The molecule has 7 heteroatoms. The molecule has 1 aromatic carbocycles. The normalized spacial score (nSPS) is 22.9. The molecule has 1 N–H and O–H groups in total. The van der Waals surface area contributed by atoms with E-state index in [1.54, 1.807) is 11.9 Å². The molecule has 0 aromatic heterocycles. The van der Waals surface area contributed by atoms with Gasteiger partial charge in [0, 0.05) is 39.6 Å². The van der Waals surface area contributed by atoms with Gasteiger partial charge in [-0.05, 0) is 38.1 Å². The van der Waals surface area contributed by atoms with Gasteiger partial charge in [0.1, 0.15) is 5.60 Å². The predicted molar refractivity (Wildman–Crippen MR) is 103 cm³/mol. The Balaban J connectivity index is 1.49. The summed E-state index contributed by atoms with van der Waals surface area (Å²) in [6.45, 7) is 3.33. The van der Waals surface area contributed by atoms with Crippen LogP contribution in [0.15, 0.2) is 24.3 Å². The fraction of sp³-hybridized carbons (Fsp3) is 0.600. The molecule has 2 aliphatic rings. The Bertz CT molecular complexity index is 676. The molecule has 0 radical (unpaired) electrons. The smallest absolute Gasteiger partial charge is 0.410 e. The maximum Gasteiger partial charge on any atom is 0.410 e. The minimum atomic E-state index is -0.427. The van der Waals surface area contributed by atoms with Crippen LogP contribution < -0.4 is 5.32 Å². The molecular weight excluding hydrogens is 344 g/mol.